The topological polar surface area (TPSA) is 57.9 Å². The minimum absolute atomic E-state index is 0.124. The zero-order valence-electron chi connectivity index (χ0n) is 8.18. The fourth-order valence-corrected chi connectivity index (χ4v) is 1.44. The number of carbonyl (C=O) groups is 1. The Morgan fingerprint density at radius 2 is 2.00 bits per heavy atom. The van der Waals surface area contributed by atoms with Crippen molar-refractivity contribution in [3.8, 4) is 5.69 Å². The van der Waals surface area contributed by atoms with Crippen LogP contribution in [0.15, 0.2) is 36.5 Å². The Morgan fingerprint density at radius 1 is 1.33 bits per heavy atom. The maximum absolute atomic E-state index is 10.7. The van der Waals surface area contributed by atoms with Crippen molar-refractivity contribution in [3.05, 3.63) is 47.8 Å². The first-order valence-corrected chi connectivity index (χ1v) is 4.51. The molecule has 1 heterocycles. The third kappa shape index (κ3) is 1.61. The number of para-hydroxylation sites is 1. The van der Waals surface area contributed by atoms with E-state index < -0.39 is 5.97 Å². The maximum atomic E-state index is 10.7. The molecule has 0 atom stereocenters. The number of rotatable bonds is 2. The van der Waals surface area contributed by atoms with E-state index in [2.05, 4.69) is 5.10 Å². The second kappa shape index (κ2) is 3.57. The molecule has 0 aliphatic heterocycles. The van der Waals surface area contributed by atoms with Gasteiger partial charge in [-0.3, -0.25) is 0 Å². The van der Waals surface area contributed by atoms with Crippen molar-refractivity contribution < 1.29 is 9.90 Å². The van der Waals surface area contributed by atoms with Crippen LogP contribution in [-0.4, -0.2) is 15.7 Å². The number of hydrogen-bond donors (Lipinski definition) is 0. The molecule has 2 rings (SSSR count). The summed E-state index contributed by atoms with van der Waals surface area (Å²) in [6.45, 7) is 1.70. The molecule has 2 aromatic rings. The van der Waals surface area contributed by atoms with Crippen LogP contribution in [0, 0.1) is 6.92 Å². The van der Waals surface area contributed by atoms with Crippen LogP contribution in [-0.2, 0) is 0 Å². The van der Waals surface area contributed by atoms with Gasteiger partial charge in [0, 0.05) is 5.56 Å². The highest BCUT2D eigenvalue weighted by atomic mass is 16.4. The molecule has 0 unspecified atom stereocenters. The van der Waals surface area contributed by atoms with E-state index in [9.17, 15) is 9.90 Å². The summed E-state index contributed by atoms with van der Waals surface area (Å²) in [6, 6.07) is 9.35. The molecular formula is C11H9N2O2-. The molecule has 1 aromatic heterocycles. The van der Waals surface area contributed by atoms with Crippen molar-refractivity contribution in [1.29, 1.82) is 0 Å². The minimum Gasteiger partial charge on any atom is -0.545 e. The number of carbonyl (C=O) groups excluding carboxylic acids is 1. The highest BCUT2D eigenvalue weighted by Crippen LogP contribution is 2.12. The van der Waals surface area contributed by atoms with Crippen LogP contribution in [0.5, 0.6) is 0 Å². The zero-order chi connectivity index (χ0) is 10.8. The van der Waals surface area contributed by atoms with E-state index in [-0.39, 0.29) is 5.56 Å². The number of aromatic nitrogens is 2. The van der Waals surface area contributed by atoms with Gasteiger partial charge in [-0.05, 0) is 19.1 Å². The molecule has 0 saturated heterocycles. The average molecular weight is 201 g/mol. The molecule has 15 heavy (non-hydrogen) atoms. The van der Waals surface area contributed by atoms with Crippen LogP contribution in [0.4, 0.5) is 0 Å². The number of benzene rings is 1. The predicted octanol–water partition coefficient (Wildman–Crippen LogP) is 0.544. The molecule has 76 valence electrons. The first-order chi connectivity index (χ1) is 7.20. The maximum Gasteiger partial charge on any atom is 0.0749 e. The summed E-state index contributed by atoms with van der Waals surface area (Å²) in [5, 5.41) is 14.7. The molecule has 1 aromatic carbocycles. The summed E-state index contributed by atoms with van der Waals surface area (Å²) in [5.74, 6) is -1.20. The van der Waals surface area contributed by atoms with Gasteiger partial charge in [-0.15, -0.1) is 0 Å². The number of carboxylic acids is 1. The highest BCUT2D eigenvalue weighted by Gasteiger charge is 2.07. The van der Waals surface area contributed by atoms with Crippen molar-refractivity contribution in [2.45, 2.75) is 6.92 Å². The van der Waals surface area contributed by atoms with E-state index >= 15 is 0 Å². The third-order valence-corrected chi connectivity index (χ3v) is 2.23. The van der Waals surface area contributed by atoms with Crippen molar-refractivity contribution >= 4 is 5.97 Å². The fourth-order valence-electron chi connectivity index (χ4n) is 1.44. The van der Waals surface area contributed by atoms with Gasteiger partial charge in [0.1, 0.15) is 0 Å². The Hall–Kier alpha value is -2.10. The molecule has 0 spiro atoms. The normalized spacial score (nSPS) is 10.2. The number of nitrogens with zero attached hydrogens (tertiary/aromatic N) is 2. The van der Waals surface area contributed by atoms with E-state index in [1.54, 1.807) is 11.6 Å². The van der Waals surface area contributed by atoms with Gasteiger partial charge in [0.25, 0.3) is 0 Å². The van der Waals surface area contributed by atoms with E-state index in [1.807, 2.05) is 30.3 Å². The second-order valence-electron chi connectivity index (χ2n) is 3.18. The van der Waals surface area contributed by atoms with Crippen LogP contribution in [0.3, 0.4) is 0 Å². The fraction of sp³-hybridized carbons (Fsp3) is 0.0909. The molecule has 0 fully saturated rings. The van der Waals surface area contributed by atoms with Gasteiger partial charge >= 0.3 is 0 Å². The molecule has 0 saturated carbocycles. The number of carboxylic acid groups (broad SMARTS) is 1. The molecule has 0 bridgehead atoms. The Morgan fingerprint density at radius 3 is 2.53 bits per heavy atom. The third-order valence-electron chi connectivity index (χ3n) is 2.23. The highest BCUT2D eigenvalue weighted by molar-refractivity contribution is 5.86. The van der Waals surface area contributed by atoms with Gasteiger partial charge < -0.3 is 9.90 Å². The van der Waals surface area contributed by atoms with Crippen molar-refractivity contribution in [2.75, 3.05) is 0 Å². The molecule has 0 aliphatic rings. The first kappa shape index (κ1) is 9.45. The van der Waals surface area contributed by atoms with Gasteiger partial charge in [0.15, 0.2) is 0 Å². The lowest BCUT2D eigenvalue weighted by molar-refractivity contribution is -0.255. The monoisotopic (exact) mass is 201 g/mol. The van der Waals surface area contributed by atoms with Crippen molar-refractivity contribution in [3.63, 3.8) is 0 Å². The lowest BCUT2D eigenvalue weighted by atomic mass is 10.2. The van der Waals surface area contributed by atoms with Gasteiger partial charge in [-0.1, -0.05) is 18.2 Å². The molecular weight excluding hydrogens is 192 g/mol. The molecule has 4 nitrogen and oxygen atoms in total. The van der Waals surface area contributed by atoms with Gasteiger partial charge in [-0.25, -0.2) is 4.68 Å². The zero-order valence-corrected chi connectivity index (χ0v) is 8.18. The first-order valence-electron chi connectivity index (χ1n) is 4.51. The summed E-state index contributed by atoms with van der Waals surface area (Å²) in [6.07, 6.45) is 1.30. The number of hydrogen-bond acceptors (Lipinski definition) is 3. The van der Waals surface area contributed by atoms with Crippen molar-refractivity contribution in [1.82, 2.24) is 9.78 Å². The van der Waals surface area contributed by atoms with E-state index in [1.165, 1.54) is 6.20 Å². The molecule has 0 N–H and O–H groups in total. The van der Waals surface area contributed by atoms with Gasteiger partial charge in [0.05, 0.1) is 23.5 Å². The van der Waals surface area contributed by atoms with Crippen LogP contribution < -0.4 is 5.11 Å². The largest absolute Gasteiger partial charge is 0.545 e. The molecule has 4 heteroatoms. The van der Waals surface area contributed by atoms with Crippen LogP contribution >= 0.6 is 0 Å². The summed E-state index contributed by atoms with van der Waals surface area (Å²) in [4.78, 5) is 10.7. The minimum atomic E-state index is -1.20. The smallest absolute Gasteiger partial charge is 0.0749 e. The number of aromatic carboxylic acids is 1. The second-order valence-corrected chi connectivity index (χ2v) is 3.18. The van der Waals surface area contributed by atoms with Crippen LogP contribution in [0.1, 0.15) is 16.1 Å². The Labute approximate surface area is 86.8 Å². The van der Waals surface area contributed by atoms with E-state index in [0.29, 0.717) is 5.69 Å². The van der Waals surface area contributed by atoms with Crippen LogP contribution in [0.2, 0.25) is 0 Å². The summed E-state index contributed by atoms with van der Waals surface area (Å²) in [7, 11) is 0. The standard InChI is InChI=1S/C11H10N2O2/c1-8-10(11(14)15)7-12-13(8)9-5-3-2-4-6-9/h2-7H,1H3,(H,14,15)/p-1. The Kier molecular flexibility index (Phi) is 2.25. The van der Waals surface area contributed by atoms with Gasteiger partial charge in [-0.2, -0.15) is 5.10 Å². The molecule has 0 amide bonds. The Bertz CT molecular complexity index is 489. The average Bonchev–Trinajstić information content (AvgIpc) is 2.61. The van der Waals surface area contributed by atoms with Crippen LogP contribution in [0.25, 0.3) is 5.69 Å². The summed E-state index contributed by atoms with van der Waals surface area (Å²) >= 11 is 0. The lowest BCUT2D eigenvalue weighted by Crippen LogP contribution is -2.22. The van der Waals surface area contributed by atoms with Crippen molar-refractivity contribution in [2.24, 2.45) is 0 Å². The SMILES string of the molecule is Cc1c(C(=O)[O-])cnn1-c1ccccc1. The quantitative estimate of drug-likeness (QED) is 0.712. The molecule has 0 radical (unpaired) electrons. The van der Waals surface area contributed by atoms with Gasteiger partial charge in [0.2, 0.25) is 0 Å². The summed E-state index contributed by atoms with van der Waals surface area (Å²) in [5.41, 5.74) is 1.53. The predicted molar refractivity (Wildman–Crippen MR) is 52.6 cm³/mol. The van der Waals surface area contributed by atoms with E-state index in [4.69, 9.17) is 0 Å². The van der Waals surface area contributed by atoms with E-state index in [0.717, 1.165) is 5.69 Å². The summed E-state index contributed by atoms with van der Waals surface area (Å²) < 4.78 is 1.57. The Balaban J connectivity index is 2.52. The molecule has 0 aliphatic carbocycles. The lowest BCUT2D eigenvalue weighted by Gasteiger charge is -2.05.